The Bertz CT molecular complexity index is 191. The minimum atomic E-state index is -0.284. The second-order valence-electron chi connectivity index (χ2n) is 5.83. The van der Waals surface area contributed by atoms with Crippen LogP contribution in [0.1, 0.15) is 53.9 Å². The average Bonchev–Trinajstić information content (AvgIpc) is 2.15. The zero-order valence-electron chi connectivity index (χ0n) is 10.8. The molecule has 1 aliphatic rings. The van der Waals surface area contributed by atoms with Gasteiger partial charge in [-0.2, -0.15) is 0 Å². The van der Waals surface area contributed by atoms with Gasteiger partial charge in [-0.25, -0.2) is 0 Å². The summed E-state index contributed by atoms with van der Waals surface area (Å²) in [6.45, 7) is 11.7. The molecule has 0 heterocycles. The highest BCUT2D eigenvalue weighted by Crippen LogP contribution is 2.59. The highest BCUT2D eigenvalue weighted by atomic mass is 35.7. The van der Waals surface area contributed by atoms with E-state index in [4.69, 9.17) is 11.2 Å². The molecule has 4 atom stereocenters. The van der Waals surface area contributed by atoms with Crippen LogP contribution in [0.4, 0.5) is 0 Å². The molecule has 0 radical (unpaired) electrons. The molecule has 1 saturated carbocycles. The fourth-order valence-corrected chi connectivity index (χ4v) is 5.68. The third-order valence-electron chi connectivity index (χ3n) is 3.80. The molecule has 0 amide bonds. The van der Waals surface area contributed by atoms with Gasteiger partial charge in [-0.1, -0.05) is 52.3 Å². The largest absolute Gasteiger partial charge is 0.0959 e. The minimum Gasteiger partial charge on any atom is -0.0959 e. The molecule has 4 unspecified atom stereocenters. The fraction of sp³-hybridized carbons (Fsp3) is 1.00. The van der Waals surface area contributed by atoms with E-state index in [1.807, 2.05) is 0 Å². The van der Waals surface area contributed by atoms with Crippen molar-refractivity contribution in [2.24, 2.45) is 17.8 Å². The van der Waals surface area contributed by atoms with Crippen LogP contribution in [0.2, 0.25) is 0 Å². The third kappa shape index (κ3) is 3.60. The summed E-state index contributed by atoms with van der Waals surface area (Å²) in [5, 5.41) is 0. The maximum atomic E-state index is 6.66. The quantitative estimate of drug-likeness (QED) is 0.579. The molecule has 1 fully saturated rings. The lowest BCUT2D eigenvalue weighted by Crippen LogP contribution is -2.31. The molecule has 15 heavy (non-hydrogen) atoms. The van der Waals surface area contributed by atoms with Gasteiger partial charge >= 0.3 is 0 Å². The maximum Gasteiger partial charge on any atom is -0.00349 e. The van der Waals surface area contributed by atoms with Gasteiger partial charge in [0.2, 0.25) is 0 Å². The lowest BCUT2D eigenvalue weighted by atomic mass is 9.77. The SMILES string of the molecule is CC1CCC(C(C)C)C(P(Cl)C(C)C)C1. The van der Waals surface area contributed by atoms with Gasteiger partial charge in [0.1, 0.15) is 0 Å². The van der Waals surface area contributed by atoms with Crippen molar-refractivity contribution in [2.45, 2.75) is 65.2 Å². The van der Waals surface area contributed by atoms with Gasteiger partial charge in [-0.3, -0.25) is 0 Å². The van der Waals surface area contributed by atoms with Crippen molar-refractivity contribution in [2.75, 3.05) is 0 Å². The first-order valence-corrected chi connectivity index (χ1v) is 8.76. The van der Waals surface area contributed by atoms with Crippen molar-refractivity contribution in [3.05, 3.63) is 0 Å². The van der Waals surface area contributed by atoms with Crippen LogP contribution >= 0.6 is 18.5 Å². The van der Waals surface area contributed by atoms with E-state index in [0.717, 1.165) is 23.4 Å². The zero-order chi connectivity index (χ0) is 11.6. The first-order chi connectivity index (χ1) is 6.93. The lowest BCUT2D eigenvalue weighted by molar-refractivity contribution is 0.241. The minimum absolute atomic E-state index is 0.284. The van der Waals surface area contributed by atoms with Crippen molar-refractivity contribution < 1.29 is 0 Å². The van der Waals surface area contributed by atoms with Gasteiger partial charge in [-0.15, -0.1) is 0 Å². The molecule has 0 N–H and O–H groups in total. The summed E-state index contributed by atoms with van der Waals surface area (Å²) in [6.07, 6.45) is 4.19. The predicted molar refractivity (Wildman–Crippen MR) is 73.0 cm³/mol. The molecule has 0 aliphatic heterocycles. The van der Waals surface area contributed by atoms with E-state index in [1.165, 1.54) is 19.3 Å². The van der Waals surface area contributed by atoms with Crippen molar-refractivity contribution in [3.63, 3.8) is 0 Å². The second kappa shape index (κ2) is 5.87. The Morgan fingerprint density at radius 3 is 2.20 bits per heavy atom. The molecule has 90 valence electrons. The summed E-state index contributed by atoms with van der Waals surface area (Å²) in [7, 11) is -0.284. The van der Waals surface area contributed by atoms with Crippen LogP contribution in [-0.2, 0) is 0 Å². The standard InChI is InChI=1S/C13H26ClP/c1-9(2)12-7-6-11(5)8-13(12)15(14)10(3)4/h9-13H,6-8H2,1-5H3. The highest BCUT2D eigenvalue weighted by Gasteiger charge is 2.36. The first-order valence-electron chi connectivity index (χ1n) is 6.37. The van der Waals surface area contributed by atoms with E-state index in [2.05, 4.69) is 34.6 Å². The van der Waals surface area contributed by atoms with Crippen LogP contribution in [0, 0.1) is 17.8 Å². The molecule has 0 spiro atoms. The van der Waals surface area contributed by atoms with Crippen LogP contribution in [0.5, 0.6) is 0 Å². The number of halogens is 1. The summed E-state index contributed by atoms with van der Waals surface area (Å²) in [6, 6.07) is 0. The molecule has 1 rings (SSSR count). The van der Waals surface area contributed by atoms with Gasteiger partial charge in [-0.05, 0) is 49.2 Å². The highest BCUT2D eigenvalue weighted by molar-refractivity contribution is 7.85. The number of rotatable bonds is 3. The Kier molecular flexibility index (Phi) is 5.40. The van der Waals surface area contributed by atoms with Crippen molar-refractivity contribution >= 4 is 18.5 Å². The van der Waals surface area contributed by atoms with Crippen molar-refractivity contribution in [1.29, 1.82) is 0 Å². The molecule has 0 aromatic rings. The van der Waals surface area contributed by atoms with E-state index in [1.54, 1.807) is 0 Å². The van der Waals surface area contributed by atoms with Crippen LogP contribution in [0.15, 0.2) is 0 Å². The van der Waals surface area contributed by atoms with Crippen LogP contribution in [0.25, 0.3) is 0 Å². The van der Waals surface area contributed by atoms with E-state index in [-0.39, 0.29) is 7.27 Å². The third-order valence-corrected chi connectivity index (χ3v) is 7.93. The molecule has 0 bridgehead atoms. The monoisotopic (exact) mass is 248 g/mol. The summed E-state index contributed by atoms with van der Waals surface area (Å²) >= 11 is 6.66. The molecule has 2 heteroatoms. The normalized spacial score (nSPS) is 34.8. The molecule has 1 aliphatic carbocycles. The van der Waals surface area contributed by atoms with Crippen LogP contribution in [-0.4, -0.2) is 11.3 Å². The Hall–Kier alpha value is 0.720. The fourth-order valence-electron chi connectivity index (χ4n) is 2.82. The molecule has 0 aromatic heterocycles. The van der Waals surface area contributed by atoms with Gasteiger partial charge < -0.3 is 0 Å². The summed E-state index contributed by atoms with van der Waals surface area (Å²) < 4.78 is 0. The van der Waals surface area contributed by atoms with E-state index in [9.17, 15) is 0 Å². The van der Waals surface area contributed by atoms with Gasteiger partial charge in [0.15, 0.2) is 0 Å². The zero-order valence-corrected chi connectivity index (χ0v) is 12.5. The van der Waals surface area contributed by atoms with E-state index in [0.29, 0.717) is 5.66 Å². The van der Waals surface area contributed by atoms with E-state index < -0.39 is 0 Å². The molecule has 0 aromatic carbocycles. The van der Waals surface area contributed by atoms with Gasteiger partial charge in [0, 0.05) is 0 Å². The average molecular weight is 249 g/mol. The van der Waals surface area contributed by atoms with Crippen LogP contribution in [0.3, 0.4) is 0 Å². The van der Waals surface area contributed by atoms with Crippen molar-refractivity contribution in [1.82, 2.24) is 0 Å². The van der Waals surface area contributed by atoms with Gasteiger partial charge in [0.05, 0.1) is 0 Å². The number of hydrogen-bond donors (Lipinski definition) is 0. The Morgan fingerprint density at radius 2 is 1.73 bits per heavy atom. The Balaban J connectivity index is 2.69. The first kappa shape index (κ1) is 13.8. The molecular formula is C13H26ClP. The Morgan fingerprint density at radius 1 is 1.13 bits per heavy atom. The van der Waals surface area contributed by atoms with Crippen LogP contribution < -0.4 is 0 Å². The lowest BCUT2D eigenvalue weighted by Gasteiger charge is -2.40. The predicted octanol–water partition coefficient (Wildman–Crippen LogP) is 5.49. The Labute approximate surface area is 102 Å². The van der Waals surface area contributed by atoms with E-state index >= 15 is 0 Å². The van der Waals surface area contributed by atoms with Gasteiger partial charge in [0.25, 0.3) is 0 Å². The molecule has 0 nitrogen and oxygen atoms in total. The number of hydrogen-bond acceptors (Lipinski definition) is 0. The summed E-state index contributed by atoms with van der Waals surface area (Å²) in [5.74, 6) is 2.59. The second-order valence-corrected chi connectivity index (χ2v) is 9.39. The topological polar surface area (TPSA) is 0 Å². The smallest absolute Gasteiger partial charge is 0.00349 e. The molecular weight excluding hydrogens is 223 g/mol. The molecule has 0 saturated heterocycles. The van der Waals surface area contributed by atoms with Crippen molar-refractivity contribution in [3.8, 4) is 0 Å². The summed E-state index contributed by atoms with van der Waals surface area (Å²) in [5.41, 5.74) is 1.49. The summed E-state index contributed by atoms with van der Waals surface area (Å²) in [4.78, 5) is 0. The maximum absolute atomic E-state index is 6.66.